The fraction of sp³-hybridized carbons (Fsp3) is 0.833. The number of rotatable bonds is 6. The van der Waals surface area contributed by atoms with Gasteiger partial charge in [0, 0.05) is 12.5 Å². The molecule has 0 bridgehead atoms. The Labute approximate surface area is 127 Å². The van der Waals surface area contributed by atoms with Gasteiger partial charge in [0.05, 0.1) is 5.33 Å². The van der Waals surface area contributed by atoms with Gasteiger partial charge >= 0.3 is 12.1 Å². The van der Waals surface area contributed by atoms with E-state index in [1.807, 2.05) is 0 Å². The third-order valence-electron chi connectivity index (χ3n) is 2.60. The molecule has 3 nitrogen and oxygen atoms in total. The minimum atomic E-state index is -5.96. The van der Waals surface area contributed by atoms with Crippen molar-refractivity contribution in [2.75, 3.05) is 11.9 Å². The van der Waals surface area contributed by atoms with E-state index in [9.17, 15) is 31.5 Å². The molecule has 0 heterocycles. The van der Waals surface area contributed by atoms with Gasteiger partial charge in [-0.25, -0.2) is 0 Å². The molecule has 1 atom stereocenters. The molecule has 0 aromatic rings. The van der Waals surface area contributed by atoms with Crippen molar-refractivity contribution in [2.24, 2.45) is 11.3 Å². The van der Waals surface area contributed by atoms with Crippen LogP contribution in [0.1, 0.15) is 27.2 Å². The van der Waals surface area contributed by atoms with Gasteiger partial charge in [0.1, 0.15) is 5.78 Å². The van der Waals surface area contributed by atoms with Crippen LogP contribution in [0.2, 0.25) is 0 Å². The molecule has 1 unspecified atom stereocenters. The average Bonchev–Trinajstić information content (AvgIpc) is 2.29. The molecule has 0 spiro atoms. The summed E-state index contributed by atoms with van der Waals surface area (Å²) in [5, 5.41) is 1.45. The van der Waals surface area contributed by atoms with E-state index in [0.29, 0.717) is 0 Å². The molecule has 9 heteroatoms. The topological polar surface area (TPSA) is 46.2 Å². The molecule has 21 heavy (non-hydrogen) atoms. The van der Waals surface area contributed by atoms with E-state index in [1.54, 1.807) is 20.8 Å². The van der Waals surface area contributed by atoms with Crippen molar-refractivity contribution in [3.05, 3.63) is 0 Å². The number of carbonyl (C=O) groups excluding carboxylic acids is 2. The monoisotopic (exact) mass is 381 g/mol. The lowest BCUT2D eigenvalue weighted by Crippen LogP contribution is -2.51. The first-order valence-electron chi connectivity index (χ1n) is 6.04. The quantitative estimate of drug-likeness (QED) is 0.566. The van der Waals surface area contributed by atoms with E-state index in [2.05, 4.69) is 15.9 Å². The maximum Gasteiger partial charge on any atom is 0.463 e. The lowest BCUT2D eigenvalue weighted by Gasteiger charge is -2.26. The first kappa shape index (κ1) is 20.3. The van der Waals surface area contributed by atoms with Crippen LogP contribution in [-0.4, -0.2) is 35.7 Å². The number of halogens is 6. The standard InChI is InChI=1S/C12H17BrF5NO2/c1-10(2,3)4-7(8(20)5-13)6-19-9(21)11(14,15)12(16,17)18/h7H,4-6H2,1-3H3,(H,19,21). The molecule has 0 rings (SSSR count). The summed E-state index contributed by atoms with van der Waals surface area (Å²) in [5.41, 5.74) is -0.347. The van der Waals surface area contributed by atoms with Gasteiger partial charge in [0.25, 0.3) is 5.91 Å². The predicted molar refractivity (Wildman–Crippen MR) is 70.4 cm³/mol. The SMILES string of the molecule is CC(C)(C)CC(CNC(=O)C(F)(F)C(F)(F)F)C(=O)CBr. The van der Waals surface area contributed by atoms with Gasteiger partial charge in [-0.3, -0.25) is 9.59 Å². The second-order valence-electron chi connectivity index (χ2n) is 5.84. The molecular weight excluding hydrogens is 365 g/mol. The first-order valence-corrected chi connectivity index (χ1v) is 7.16. The second kappa shape index (κ2) is 7.02. The minimum absolute atomic E-state index is 0.0702. The summed E-state index contributed by atoms with van der Waals surface area (Å²) in [6.45, 7) is 4.79. The molecule has 0 saturated heterocycles. The third kappa shape index (κ3) is 6.27. The molecule has 0 aromatic heterocycles. The van der Waals surface area contributed by atoms with Crippen molar-refractivity contribution in [1.82, 2.24) is 5.32 Å². The van der Waals surface area contributed by atoms with E-state index in [4.69, 9.17) is 0 Å². The predicted octanol–water partition coefficient (Wildman–Crippen LogP) is 3.32. The van der Waals surface area contributed by atoms with Gasteiger partial charge in [-0.2, -0.15) is 22.0 Å². The molecule has 0 aliphatic rings. The van der Waals surface area contributed by atoms with Crippen LogP contribution in [0.25, 0.3) is 0 Å². The summed E-state index contributed by atoms with van der Waals surface area (Å²) in [6.07, 6.45) is -5.72. The summed E-state index contributed by atoms with van der Waals surface area (Å²) in [6, 6.07) is 0. The zero-order valence-corrected chi connectivity index (χ0v) is 13.4. The van der Waals surface area contributed by atoms with Crippen LogP contribution in [0.15, 0.2) is 0 Å². The molecule has 0 saturated carbocycles. The fourth-order valence-electron chi connectivity index (χ4n) is 1.60. The van der Waals surface area contributed by atoms with Gasteiger partial charge in [-0.1, -0.05) is 36.7 Å². The largest absolute Gasteiger partial charge is 0.463 e. The number of carbonyl (C=O) groups is 2. The van der Waals surface area contributed by atoms with Crippen LogP contribution in [0.3, 0.4) is 0 Å². The first-order chi connectivity index (χ1) is 9.22. The van der Waals surface area contributed by atoms with Crippen molar-refractivity contribution in [3.8, 4) is 0 Å². The number of hydrogen-bond donors (Lipinski definition) is 1. The molecule has 0 aliphatic heterocycles. The van der Waals surface area contributed by atoms with E-state index in [1.165, 1.54) is 5.32 Å². The van der Waals surface area contributed by atoms with Crippen LogP contribution in [0.5, 0.6) is 0 Å². The molecule has 124 valence electrons. The summed E-state index contributed by atoms with van der Waals surface area (Å²) in [5.74, 6) is -9.13. The van der Waals surface area contributed by atoms with Crippen molar-refractivity contribution in [3.63, 3.8) is 0 Å². The summed E-state index contributed by atoms with van der Waals surface area (Å²) < 4.78 is 61.6. The van der Waals surface area contributed by atoms with Crippen LogP contribution < -0.4 is 5.32 Å². The molecule has 0 fully saturated rings. The van der Waals surface area contributed by atoms with E-state index in [-0.39, 0.29) is 22.9 Å². The Morgan fingerprint density at radius 2 is 1.57 bits per heavy atom. The molecule has 1 N–H and O–H groups in total. The van der Waals surface area contributed by atoms with Crippen LogP contribution in [-0.2, 0) is 9.59 Å². The number of ketones is 1. The van der Waals surface area contributed by atoms with E-state index >= 15 is 0 Å². The smallest absolute Gasteiger partial charge is 0.350 e. The molecule has 0 aromatic carbocycles. The maximum atomic E-state index is 12.8. The zero-order valence-electron chi connectivity index (χ0n) is 11.8. The minimum Gasteiger partial charge on any atom is -0.350 e. The Morgan fingerprint density at radius 1 is 1.10 bits per heavy atom. The van der Waals surface area contributed by atoms with Crippen LogP contribution in [0, 0.1) is 11.3 Å². The molecular formula is C12H17BrF5NO2. The number of alkyl halides is 6. The Morgan fingerprint density at radius 3 is 1.90 bits per heavy atom. The fourth-order valence-corrected chi connectivity index (χ4v) is 2.06. The molecule has 0 radical (unpaired) electrons. The van der Waals surface area contributed by atoms with Crippen molar-refractivity contribution in [1.29, 1.82) is 0 Å². The molecule has 0 aliphatic carbocycles. The normalized spacial score (nSPS) is 14.7. The lowest BCUT2D eigenvalue weighted by molar-refractivity contribution is -0.269. The van der Waals surface area contributed by atoms with Gasteiger partial charge in [0.2, 0.25) is 0 Å². The Bertz CT molecular complexity index is 390. The summed E-state index contributed by atoms with van der Waals surface area (Å²) in [7, 11) is 0. The average molecular weight is 382 g/mol. The van der Waals surface area contributed by atoms with Gasteiger partial charge < -0.3 is 5.32 Å². The van der Waals surface area contributed by atoms with E-state index < -0.39 is 30.5 Å². The summed E-state index contributed by atoms with van der Waals surface area (Å²) in [4.78, 5) is 22.6. The van der Waals surface area contributed by atoms with Gasteiger partial charge in [0.15, 0.2) is 0 Å². The number of amides is 1. The highest BCUT2D eigenvalue weighted by molar-refractivity contribution is 9.09. The van der Waals surface area contributed by atoms with Crippen molar-refractivity contribution >= 4 is 27.6 Å². The van der Waals surface area contributed by atoms with Crippen molar-refractivity contribution < 1.29 is 31.5 Å². The Hall–Kier alpha value is -0.730. The lowest BCUT2D eigenvalue weighted by atomic mass is 9.83. The van der Waals surface area contributed by atoms with Crippen molar-refractivity contribution in [2.45, 2.75) is 39.3 Å². The van der Waals surface area contributed by atoms with E-state index in [0.717, 1.165) is 0 Å². The Kier molecular flexibility index (Phi) is 6.78. The third-order valence-corrected chi connectivity index (χ3v) is 3.15. The van der Waals surface area contributed by atoms with Gasteiger partial charge in [-0.05, 0) is 11.8 Å². The maximum absolute atomic E-state index is 12.8. The highest BCUT2D eigenvalue weighted by Gasteiger charge is 2.63. The van der Waals surface area contributed by atoms with Gasteiger partial charge in [-0.15, -0.1) is 0 Å². The number of nitrogens with one attached hydrogen (secondary N) is 1. The zero-order chi connectivity index (χ0) is 17.1. The second-order valence-corrected chi connectivity index (χ2v) is 6.40. The summed E-state index contributed by atoms with van der Waals surface area (Å²) >= 11 is 2.91. The number of Topliss-reactive ketones (excluding diaryl/α,β-unsaturated/α-hetero) is 1. The van der Waals surface area contributed by atoms with Crippen LogP contribution >= 0.6 is 15.9 Å². The number of hydrogen-bond acceptors (Lipinski definition) is 2. The van der Waals surface area contributed by atoms with Crippen LogP contribution in [0.4, 0.5) is 22.0 Å². The highest BCUT2D eigenvalue weighted by Crippen LogP contribution is 2.35. The Balaban J connectivity index is 4.84. The molecule has 1 amide bonds. The highest BCUT2D eigenvalue weighted by atomic mass is 79.9.